The van der Waals surface area contributed by atoms with Gasteiger partial charge in [-0.2, -0.15) is 18.4 Å². The molecular formula is C23H15F3N2O4. The van der Waals surface area contributed by atoms with Crippen LogP contribution in [-0.4, -0.2) is 18.5 Å². The van der Waals surface area contributed by atoms with E-state index in [-0.39, 0.29) is 22.7 Å². The highest BCUT2D eigenvalue weighted by Crippen LogP contribution is 2.30. The van der Waals surface area contributed by atoms with Gasteiger partial charge in [0.25, 0.3) is 5.91 Å². The minimum Gasteiger partial charge on any atom is -0.483 e. The smallest absolute Gasteiger partial charge is 0.416 e. The number of carbonyl (C=O) groups excluding carboxylic acids is 2. The van der Waals surface area contributed by atoms with Crippen LogP contribution in [0.2, 0.25) is 0 Å². The number of benzene rings is 3. The molecule has 0 spiro atoms. The molecule has 0 unspecified atom stereocenters. The fraction of sp³-hybridized carbons (Fsp3) is 0.0870. The lowest BCUT2D eigenvalue weighted by Crippen LogP contribution is -2.21. The Hall–Kier alpha value is -4.32. The molecule has 0 aliphatic heterocycles. The van der Waals surface area contributed by atoms with E-state index in [0.29, 0.717) is 5.56 Å². The van der Waals surface area contributed by atoms with Gasteiger partial charge in [-0.1, -0.05) is 18.2 Å². The fourth-order valence-corrected chi connectivity index (χ4v) is 2.63. The maximum atomic E-state index is 12.8. The molecule has 6 nitrogen and oxygen atoms in total. The van der Waals surface area contributed by atoms with Gasteiger partial charge in [0, 0.05) is 5.69 Å². The minimum absolute atomic E-state index is 0.0399. The van der Waals surface area contributed by atoms with E-state index in [0.717, 1.165) is 12.1 Å². The number of amides is 1. The highest BCUT2D eigenvalue weighted by molar-refractivity contribution is 5.95. The number of alkyl halides is 3. The highest BCUT2D eigenvalue weighted by atomic mass is 19.4. The quantitative estimate of drug-likeness (QED) is 0.439. The highest BCUT2D eigenvalue weighted by Gasteiger charge is 2.30. The van der Waals surface area contributed by atoms with Crippen molar-refractivity contribution in [3.05, 3.63) is 89.5 Å². The van der Waals surface area contributed by atoms with Crippen molar-refractivity contribution in [2.75, 3.05) is 11.9 Å². The van der Waals surface area contributed by atoms with Crippen molar-refractivity contribution in [3.8, 4) is 17.6 Å². The van der Waals surface area contributed by atoms with Gasteiger partial charge in [-0.25, -0.2) is 4.79 Å². The van der Waals surface area contributed by atoms with Gasteiger partial charge >= 0.3 is 12.1 Å². The Morgan fingerprint density at radius 1 is 0.969 bits per heavy atom. The lowest BCUT2D eigenvalue weighted by molar-refractivity contribution is -0.137. The number of ether oxygens (including phenoxy) is 2. The van der Waals surface area contributed by atoms with Gasteiger partial charge in [0.2, 0.25) is 0 Å². The summed E-state index contributed by atoms with van der Waals surface area (Å²) in [7, 11) is 0. The average Bonchev–Trinajstić information content (AvgIpc) is 2.78. The number of anilines is 1. The number of rotatable bonds is 6. The Labute approximate surface area is 180 Å². The van der Waals surface area contributed by atoms with Gasteiger partial charge < -0.3 is 14.8 Å². The molecule has 3 rings (SSSR count). The molecule has 0 aliphatic rings. The van der Waals surface area contributed by atoms with Crippen molar-refractivity contribution in [1.29, 1.82) is 5.26 Å². The van der Waals surface area contributed by atoms with E-state index in [2.05, 4.69) is 5.32 Å². The van der Waals surface area contributed by atoms with Crippen LogP contribution in [0.25, 0.3) is 0 Å². The van der Waals surface area contributed by atoms with Crippen LogP contribution in [0, 0.1) is 11.3 Å². The Bertz CT molecular complexity index is 1170. The topological polar surface area (TPSA) is 88.4 Å². The van der Waals surface area contributed by atoms with Crippen LogP contribution in [0.15, 0.2) is 72.8 Å². The van der Waals surface area contributed by atoms with Crippen molar-refractivity contribution < 1.29 is 32.2 Å². The molecule has 0 atom stereocenters. The predicted octanol–water partition coefficient (Wildman–Crippen LogP) is 4.81. The first-order valence-electron chi connectivity index (χ1n) is 9.17. The number of nitrogens with zero attached hydrogens (tertiary/aromatic N) is 1. The van der Waals surface area contributed by atoms with Crippen LogP contribution >= 0.6 is 0 Å². The third kappa shape index (κ3) is 5.86. The Morgan fingerprint density at radius 2 is 1.69 bits per heavy atom. The molecule has 0 saturated heterocycles. The number of carbonyl (C=O) groups is 2. The zero-order chi connectivity index (χ0) is 23.1. The Balaban J connectivity index is 1.64. The summed E-state index contributed by atoms with van der Waals surface area (Å²) < 4.78 is 49.0. The molecule has 0 aliphatic carbocycles. The maximum Gasteiger partial charge on any atom is 0.416 e. The molecule has 9 heteroatoms. The molecule has 0 aromatic heterocycles. The summed E-state index contributed by atoms with van der Waals surface area (Å²) in [6, 6.07) is 18.1. The van der Waals surface area contributed by atoms with Crippen molar-refractivity contribution in [3.63, 3.8) is 0 Å². The van der Waals surface area contributed by atoms with E-state index in [1.807, 2.05) is 6.07 Å². The molecule has 3 aromatic rings. The van der Waals surface area contributed by atoms with Crippen molar-refractivity contribution in [2.24, 2.45) is 0 Å². The summed E-state index contributed by atoms with van der Waals surface area (Å²) in [5, 5.41) is 11.1. The van der Waals surface area contributed by atoms with Crippen molar-refractivity contribution in [2.45, 2.75) is 6.18 Å². The van der Waals surface area contributed by atoms with Gasteiger partial charge in [0.05, 0.1) is 17.2 Å². The van der Waals surface area contributed by atoms with Crippen LogP contribution in [0.3, 0.4) is 0 Å². The van der Waals surface area contributed by atoms with E-state index in [1.54, 1.807) is 12.1 Å². The van der Waals surface area contributed by atoms with Gasteiger partial charge in [-0.3, -0.25) is 4.79 Å². The molecule has 162 valence electrons. The maximum absolute atomic E-state index is 12.8. The summed E-state index contributed by atoms with van der Waals surface area (Å²) in [5.41, 5.74) is -0.488. The molecule has 32 heavy (non-hydrogen) atoms. The molecule has 0 fully saturated rings. The first-order valence-corrected chi connectivity index (χ1v) is 9.17. The van der Waals surface area contributed by atoms with Gasteiger partial charge in [0.1, 0.15) is 17.1 Å². The number of esters is 1. The summed E-state index contributed by atoms with van der Waals surface area (Å²) >= 11 is 0. The standard InChI is InChI=1S/C23H15F3N2O4/c24-23(25,26)16-4-3-5-17(12-16)28-21(29)14-31-20-7-2-1-6-19(20)22(30)32-18-10-8-15(13-27)9-11-18/h1-12H,14H2,(H,28,29). The largest absolute Gasteiger partial charge is 0.483 e. The zero-order valence-corrected chi connectivity index (χ0v) is 16.3. The lowest BCUT2D eigenvalue weighted by Gasteiger charge is -2.12. The molecule has 0 heterocycles. The minimum atomic E-state index is -4.54. The lowest BCUT2D eigenvalue weighted by atomic mass is 10.2. The Morgan fingerprint density at radius 3 is 2.38 bits per heavy atom. The third-order valence-electron chi connectivity index (χ3n) is 4.13. The van der Waals surface area contributed by atoms with E-state index in [9.17, 15) is 22.8 Å². The van der Waals surface area contributed by atoms with Crippen LogP contribution in [0.1, 0.15) is 21.5 Å². The van der Waals surface area contributed by atoms with Gasteiger partial charge in [0.15, 0.2) is 6.61 Å². The number of para-hydroxylation sites is 1. The molecular weight excluding hydrogens is 425 g/mol. The molecule has 1 N–H and O–H groups in total. The molecule has 0 saturated carbocycles. The van der Waals surface area contributed by atoms with Crippen LogP contribution in [-0.2, 0) is 11.0 Å². The number of nitriles is 1. The zero-order valence-electron chi connectivity index (χ0n) is 16.3. The van der Waals surface area contributed by atoms with Crippen molar-refractivity contribution in [1.82, 2.24) is 0 Å². The fourth-order valence-electron chi connectivity index (χ4n) is 2.63. The second-order valence-electron chi connectivity index (χ2n) is 6.44. The van der Waals surface area contributed by atoms with Crippen LogP contribution < -0.4 is 14.8 Å². The van der Waals surface area contributed by atoms with Gasteiger partial charge in [-0.15, -0.1) is 0 Å². The van der Waals surface area contributed by atoms with E-state index in [1.165, 1.54) is 48.5 Å². The van der Waals surface area contributed by atoms with Crippen molar-refractivity contribution >= 4 is 17.6 Å². The second-order valence-corrected chi connectivity index (χ2v) is 6.44. The van der Waals surface area contributed by atoms with Gasteiger partial charge in [-0.05, 0) is 54.6 Å². The molecule has 0 radical (unpaired) electrons. The number of hydrogen-bond acceptors (Lipinski definition) is 5. The first kappa shape index (κ1) is 22.4. The van der Waals surface area contributed by atoms with E-state index >= 15 is 0 Å². The summed E-state index contributed by atoms with van der Waals surface area (Å²) in [4.78, 5) is 24.6. The summed E-state index contributed by atoms with van der Waals surface area (Å²) in [6.45, 7) is -0.544. The number of halogens is 3. The molecule has 1 amide bonds. The SMILES string of the molecule is N#Cc1ccc(OC(=O)c2ccccc2OCC(=O)Nc2cccc(C(F)(F)F)c2)cc1. The van der Waals surface area contributed by atoms with Crippen LogP contribution in [0.4, 0.5) is 18.9 Å². The average molecular weight is 440 g/mol. The monoisotopic (exact) mass is 440 g/mol. The number of hydrogen-bond donors (Lipinski definition) is 1. The Kier molecular flexibility index (Phi) is 6.75. The summed E-state index contributed by atoms with van der Waals surface area (Å²) in [6.07, 6.45) is -4.54. The second kappa shape index (κ2) is 9.66. The first-order chi connectivity index (χ1) is 15.3. The predicted molar refractivity (Wildman–Crippen MR) is 108 cm³/mol. The summed E-state index contributed by atoms with van der Waals surface area (Å²) in [5.74, 6) is -1.18. The molecule has 0 bridgehead atoms. The normalized spacial score (nSPS) is 10.7. The van der Waals surface area contributed by atoms with Crippen LogP contribution in [0.5, 0.6) is 11.5 Å². The number of nitrogens with one attached hydrogen (secondary N) is 1. The van der Waals surface area contributed by atoms with E-state index < -0.39 is 30.2 Å². The molecule has 3 aromatic carbocycles. The van der Waals surface area contributed by atoms with E-state index in [4.69, 9.17) is 14.7 Å². The third-order valence-corrected chi connectivity index (χ3v) is 4.13.